The van der Waals surface area contributed by atoms with Gasteiger partial charge in [0, 0.05) is 6.42 Å². The molecule has 12 heavy (non-hydrogen) atoms. The molecule has 1 saturated heterocycles. The molecule has 1 heterocycles. The van der Waals surface area contributed by atoms with Crippen LogP contribution < -0.4 is 0 Å². The molecule has 1 unspecified atom stereocenters. The van der Waals surface area contributed by atoms with E-state index in [9.17, 15) is 9.90 Å². The summed E-state index contributed by atoms with van der Waals surface area (Å²) >= 11 is 0. The molecule has 1 fully saturated rings. The molecule has 1 aliphatic rings. The van der Waals surface area contributed by atoms with Crippen LogP contribution in [0.2, 0.25) is 0 Å². The summed E-state index contributed by atoms with van der Waals surface area (Å²) in [6.45, 7) is 1.61. The minimum atomic E-state index is -2.21. The Morgan fingerprint density at radius 2 is 2.25 bits per heavy atom. The second kappa shape index (κ2) is 3.01. The summed E-state index contributed by atoms with van der Waals surface area (Å²) in [6.07, 6.45) is -1.16. The zero-order chi connectivity index (χ0) is 9.35. The van der Waals surface area contributed by atoms with Gasteiger partial charge < -0.3 is 20.1 Å². The van der Waals surface area contributed by atoms with E-state index in [1.165, 1.54) is 0 Å². The van der Waals surface area contributed by atoms with E-state index in [0.717, 1.165) is 0 Å². The number of hydrogen-bond donors (Lipinski definition) is 3. The van der Waals surface area contributed by atoms with Gasteiger partial charge in [-0.3, -0.25) is 0 Å². The summed E-state index contributed by atoms with van der Waals surface area (Å²) in [5, 5.41) is 27.0. The predicted octanol–water partition coefficient (Wildman–Crippen LogP) is -0.681. The van der Waals surface area contributed by atoms with Crippen molar-refractivity contribution in [1.29, 1.82) is 0 Å². The van der Waals surface area contributed by atoms with Gasteiger partial charge in [-0.1, -0.05) is 0 Å². The Labute approximate surface area is 69.6 Å². The van der Waals surface area contributed by atoms with Gasteiger partial charge in [-0.05, 0) is 13.3 Å². The molecule has 0 aromatic rings. The Bertz CT molecular complexity index is 180. The third-order valence-electron chi connectivity index (χ3n) is 1.85. The lowest BCUT2D eigenvalue weighted by Gasteiger charge is -2.34. The lowest BCUT2D eigenvalue weighted by atomic mass is 9.99. The Balaban J connectivity index is 2.71. The van der Waals surface area contributed by atoms with Crippen LogP contribution >= 0.6 is 0 Å². The highest BCUT2D eigenvalue weighted by molar-refractivity contribution is 5.75. The number of ether oxygens (including phenoxy) is 1. The quantitative estimate of drug-likeness (QED) is 0.492. The lowest BCUT2D eigenvalue weighted by Crippen LogP contribution is -2.50. The van der Waals surface area contributed by atoms with Crippen LogP contribution in [0.25, 0.3) is 0 Å². The monoisotopic (exact) mass is 176 g/mol. The molecule has 0 aromatic heterocycles. The largest absolute Gasteiger partial charge is 0.477 e. The van der Waals surface area contributed by atoms with Gasteiger partial charge in [-0.25, -0.2) is 4.79 Å². The molecule has 5 heteroatoms. The Kier molecular flexibility index (Phi) is 2.36. The molecule has 0 aromatic carbocycles. The van der Waals surface area contributed by atoms with Crippen molar-refractivity contribution in [3.05, 3.63) is 0 Å². The molecule has 0 amide bonds. The standard InChI is InChI=1S/C7H12O5/c1-4-2-5(8)3-7(11,12-4)6(9)10/h4-5,8,11H,2-3H2,1H3,(H,9,10)/t4-,5+,7?/m0/s1. The zero-order valence-electron chi connectivity index (χ0n) is 6.73. The third-order valence-corrected chi connectivity index (χ3v) is 1.85. The van der Waals surface area contributed by atoms with Crippen LogP contribution in [0.15, 0.2) is 0 Å². The van der Waals surface area contributed by atoms with Gasteiger partial charge in [0.15, 0.2) is 0 Å². The first kappa shape index (κ1) is 9.44. The topological polar surface area (TPSA) is 87.0 Å². The van der Waals surface area contributed by atoms with Crippen molar-refractivity contribution in [1.82, 2.24) is 0 Å². The van der Waals surface area contributed by atoms with Crippen molar-refractivity contribution in [2.45, 2.75) is 37.8 Å². The van der Waals surface area contributed by atoms with Gasteiger partial charge in [0.1, 0.15) is 0 Å². The summed E-state index contributed by atoms with van der Waals surface area (Å²) < 4.78 is 4.80. The molecule has 3 atom stereocenters. The van der Waals surface area contributed by atoms with Gasteiger partial charge in [0.2, 0.25) is 0 Å². The average Bonchev–Trinajstić information content (AvgIpc) is 1.82. The SMILES string of the molecule is C[C@H]1C[C@@H](O)CC(O)(C(=O)O)O1. The lowest BCUT2D eigenvalue weighted by molar-refractivity contribution is -0.267. The van der Waals surface area contributed by atoms with E-state index in [4.69, 9.17) is 14.9 Å². The third kappa shape index (κ3) is 1.74. The van der Waals surface area contributed by atoms with Gasteiger partial charge >= 0.3 is 5.97 Å². The summed E-state index contributed by atoms with van der Waals surface area (Å²) in [4.78, 5) is 10.5. The number of carboxylic acid groups (broad SMARTS) is 1. The maximum Gasteiger partial charge on any atom is 0.364 e. The Hall–Kier alpha value is -0.650. The zero-order valence-corrected chi connectivity index (χ0v) is 6.73. The smallest absolute Gasteiger partial charge is 0.364 e. The number of carbonyl (C=O) groups is 1. The minimum absolute atomic E-state index is 0.271. The number of carboxylic acids is 1. The fourth-order valence-electron chi connectivity index (χ4n) is 1.35. The molecule has 0 radical (unpaired) electrons. The molecule has 5 nitrogen and oxygen atoms in total. The molecule has 70 valence electrons. The first-order chi connectivity index (χ1) is 5.44. The van der Waals surface area contributed by atoms with Gasteiger partial charge in [-0.15, -0.1) is 0 Å². The van der Waals surface area contributed by atoms with Crippen molar-refractivity contribution < 1.29 is 24.9 Å². The minimum Gasteiger partial charge on any atom is -0.477 e. The Morgan fingerprint density at radius 1 is 1.67 bits per heavy atom. The number of hydrogen-bond acceptors (Lipinski definition) is 4. The normalized spacial score (nSPS) is 42.6. The van der Waals surface area contributed by atoms with E-state index in [2.05, 4.69) is 0 Å². The van der Waals surface area contributed by atoms with Crippen LogP contribution in [0.4, 0.5) is 0 Å². The van der Waals surface area contributed by atoms with E-state index in [1.54, 1.807) is 6.92 Å². The summed E-state index contributed by atoms with van der Waals surface area (Å²) in [5.74, 6) is -3.66. The second-order valence-electron chi connectivity index (χ2n) is 3.11. The van der Waals surface area contributed by atoms with Crippen molar-refractivity contribution in [3.63, 3.8) is 0 Å². The van der Waals surface area contributed by atoms with E-state index in [-0.39, 0.29) is 6.42 Å². The maximum absolute atomic E-state index is 10.5. The van der Waals surface area contributed by atoms with E-state index < -0.39 is 24.0 Å². The predicted molar refractivity (Wildman–Crippen MR) is 38.4 cm³/mol. The van der Waals surface area contributed by atoms with E-state index in [1.807, 2.05) is 0 Å². The average molecular weight is 176 g/mol. The molecule has 1 aliphatic heterocycles. The van der Waals surface area contributed by atoms with Gasteiger partial charge in [-0.2, -0.15) is 0 Å². The summed E-state index contributed by atoms with van der Waals surface area (Å²) in [7, 11) is 0. The maximum atomic E-state index is 10.5. The van der Waals surface area contributed by atoms with Crippen LogP contribution in [-0.4, -0.2) is 39.3 Å². The number of aliphatic carboxylic acids is 1. The Morgan fingerprint density at radius 3 is 2.67 bits per heavy atom. The molecule has 0 saturated carbocycles. The van der Waals surface area contributed by atoms with Crippen LogP contribution in [-0.2, 0) is 9.53 Å². The van der Waals surface area contributed by atoms with Crippen LogP contribution in [0.5, 0.6) is 0 Å². The van der Waals surface area contributed by atoms with Crippen LogP contribution in [0.3, 0.4) is 0 Å². The first-order valence-corrected chi connectivity index (χ1v) is 3.76. The van der Waals surface area contributed by atoms with Crippen LogP contribution in [0.1, 0.15) is 19.8 Å². The van der Waals surface area contributed by atoms with E-state index >= 15 is 0 Å². The molecule has 0 spiro atoms. The molecule has 1 rings (SSSR count). The molecule has 3 N–H and O–H groups in total. The molecule has 0 aliphatic carbocycles. The number of rotatable bonds is 1. The first-order valence-electron chi connectivity index (χ1n) is 3.76. The summed E-state index contributed by atoms with van der Waals surface area (Å²) in [5.41, 5.74) is 0. The van der Waals surface area contributed by atoms with Crippen molar-refractivity contribution >= 4 is 5.97 Å². The highest BCUT2D eigenvalue weighted by atomic mass is 16.7. The summed E-state index contributed by atoms with van der Waals surface area (Å²) in [6, 6.07) is 0. The second-order valence-corrected chi connectivity index (χ2v) is 3.11. The van der Waals surface area contributed by atoms with Gasteiger partial charge in [0.05, 0.1) is 12.2 Å². The van der Waals surface area contributed by atoms with Crippen molar-refractivity contribution in [3.8, 4) is 0 Å². The molecule has 0 bridgehead atoms. The number of aliphatic hydroxyl groups excluding tert-OH is 1. The van der Waals surface area contributed by atoms with E-state index in [0.29, 0.717) is 6.42 Å². The number of aliphatic hydroxyl groups is 2. The molecular formula is C7H12O5. The fourth-order valence-corrected chi connectivity index (χ4v) is 1.35. The van der Waals surface area contributed by atoms with Crippen LogP contribution in [0, 0.1) is 0 Å². The van der Waals surface area contributed by atoms with Gasteiger partial charge in [0.25, 0.3) is 5.79 Å². The highest BCUT2D eigenvalue weighted by Crippen LogP contribution is 2.26. The van der Waals surface area contributed by atoms with Crippen molar-refractivity contribution in [2.75, 3.05) is 0 Å². The fraction of sp³-hybridized carbons (Fsp3) is 0.857. The van der Waals surface area contributed by atoms with Crippen molar-refractivity contribution in [2.24, 2.45) is 0 Å². The highest BCUT2D eigenvalue weighted by Gasteiger charge is 2.44. The molecular weight excluding hydrogens is 164 g/mol.